The van der Waals surface area contributed by atoms with Gasteiger partial charge in [0.15, 0.2) is 0 Å². The summed E-state index contributed by atoms with van der Waals surface area (Å²) in [6.07, 6.45) is 2.73. The maximum absolute atomic E-state index is 5.56. The van der Waals surface area contributed by atoms with Crippen molar-refractivity contribution >= 4 is 0 Å². The van der Waals surface area contributed by atoms with E-state index in [2.05, 4.69) is 12.2 Å². The van der Waals surface area contributed by atoms with E-state index in [1.54, 1.807) is 20.5 Å². The quantitative estimate of drug-likeness (QED) is 0.841. The van der Waals surface area contributed by atoms with Gasteiger partial charge in [-0.05, 0) is 43.3 Å². The Morgan fingerprint density at radius 3 is 2.65 bits per heavy atom. The van der Waals surface area contributed by atoms with Crippen molar-refractivity contribution < 1.29 is 13.9 Å². The zero-order valence-electron chi connectivity index (χ0n) is 12.2. The molecule has 0 aliphatic rings. The molecule has 2 aromatic rings. The number of rotatable bonds is 7. The van der Waals surface area contributed by atoms with Crippen molar-refractivity contribution in [1.29, 1.82) is 0 Å². The van der Waals surface area contributed by atoms with Gasteiger partial charge in [-0.25, -0.2) is 0 Å². The van der Waals surface area contributed by atoms with Crippen molar-refractivity contribution in [2.45, 2.75) is 19.4 Å². The van der Waals surface area contributed by atoms with E-state index in [-0.39, 0.29) is 6.04 Å². The van der Waals surface area contributed by atoms with Gasteiger partial charge in [0.05, 0.1) is 26.5 Å². The standard InChI is InChI=1S/C16H21NO3/c1-4-9-17-16(15-6-5-10-20-15)13-11-12(18-2)7-8-14(13)19-3/h5-8,10-11,16-17H,4,9H2,1-3H3. The van der Waals surface area contributed by atoms with Gasteiger partial charge in [0.2, 0.25) is 0 Å². The number of furan rings is 1. The number of hydrogen-bond donors (Lipinski definition) is 1. The van der Waals surface area contributed by atoms with Crippen LogP contribution < -0.4 is 14.8 Å². The molecule has 1 heterocycles. The van der Waals surface area contributed by atoms with Gasteiger partial charge in [0.25, 0.3) is 0 Å². The largest absolute Gasteiger partial charge is 0.497 e. The number of hydrogen-bond acceptors (Lipinski definition) is 4. The molecule has 20 heavy (non-hydrogen) atoms. The Labute approximate surface area is 119 Å². The normalized spacial score (nSPS) is 12.2. The highest BCUT2D eigenvalue weighted by atomic mass is 16.5. The molecule has 0 bridgehead atoms. The molecule has 108 valence electrons. The number of ether oxygens (including phenoxy) is 2. The first-order valence-corrected chi connectivity index (χ1v) is 6.78. The van der Waals surface area contributed by atoms with E-state index >= 15 is 0 Å². The summed E-state index contributed by atoms with van der Waals surface area (Å²) in [5, 5.41) is 3.48. The molecule has 4 nitrogen and oxygen atoms in total. The summed E-state index contributed by atoms with van der Waals surface area (Å²) in [5.74, 6) is 2.48. The number of nitrogens with one attached hydrogen (secondary N) is 1. The lowest BCUT2D eigenvalue weighted by Gasteiger charge is -2.20. The molecule has 0 spiro atoms. The van der Waals surface area contributed by atoms with Crippen LogP contribution in [0.4, 0.5) is 0 Å². The maximum Gasteiger partial charge on any atom is 0.125 e. The molecule has 2 rings (SSSR count). The van der Waals surface area contributed by atoms with Gasteiger partial charge >= 0.3 is 0 Å². The summed E-state index contributed by atoms with van der Waals surface area (Å²) < 4.78 is 16.3. The molecule has 0 fully saturated rings. The zero-order valence-corrected chi connectivity index (χ0v) is 12.2. The fourth-order valence-corrected chi connectivity index (χ4v) is 2.17. The van der Waals surface area contributed by atoms with Crippen LogP contribution in [-0.4, -0.2) is 20.8 Å². The highest BCUT2D eigenvalue weighted by Crippen LogP contribution is 2.33. The van der Waals surface area contributed by atoms with E-state index in [0.29, 0.717) is 0 Å². The van der Waals surface area contributed by atoms with E-state index in [1.165, 1.54) is 0 Å². The van der Waals surface area contributed by atoms with Gasteiger partial charge in [-0.3, -0.25) is 0 Å². The lowest BCUT2D eigenvalue weighted by atomic mass is 10.0. The van der Waals surface area contributed by atoms with Crippen molar-refractivity contribution in [2.75, 3.05) is 20.8 Å². The average molecular weight is 275 g/mol. The van der Waals surface area contributed by atoms with Crippen LogP contribution in [0, 0.1) is 0 Å². The lowest BCUT2D eigenvalue weighted by Crippen LogP contribution is -2.23. The molecule has 0 saturated heterocycles. The van der Waals surface area contributed by atoms with Crippen LogP contribution in [-0.2, 0) is 0 Å². The van der Waals surface area contributed by atoms with Gasteiger partial charge in [0.1, 0.15) is 17.3 Å². The van der Waals surface area contributed by atoms with Crippen LogP contribution >= 0.6 is 0 Å². The highest BCUT2D eigenvalue weighted by Gasteiger charge is 2.20. The van der Waals surface area contributed by atoms with Crippen LogP contribution in [0.1, 0.15) is 30.7 Å². The topological polar surface area (TPSA) is 43.6 Å². The molecule has 1 aromatic heterocycles. The molecule has 1 atom stereocenters. The van der Waals surface area contributed by atoms with E-state index in [9.17, 15) is 0 Å². The second-order valence-corrected chi connectivity index (χ2v) is 4.51. The minimum atomic E-state index is -0.0463. The van der Waals surface area contributed by atoms with E-state index in [4.69, 9.17) is 13.9 Å². The van der Waals surface area contributed by atoms with Crippen LogP contribution in [0.15, 0.2) is 41.0 Å². The minimum absolute atomic E-state index is 0.0463. The molecule has 0 aliphatic heterocycles. The summed E-state index contributed by atoms with van der Waals surface area (Å²) in [6.45, 7) is 3.03. The van der Waals surface area contributed by atoms with Gasteiger partial charge < -0.3 is 19.2 Å². The Morgan fingerprint density at radius 1 is 1.20 bits per heavy atom. The van der Waals surface area contributed by atoms with Gasteiger partial charge in [-0.2, -0.15) is 0 Å². The highest BCUT2D eigenvalue weighted by molar-refractivity contribution is 5.44. The van der Waals surface area contributed by atoms with Gasteiger partial charge in [0, 0.05) is 5.56 Å². The van der Waals surface area contributed by atoms with Crippen molar-refractivity contribution in [2.24, 2.45) is 0 Å². The Balaban J connectivity index is 2.41. The van der Waals surface area contributed by atoms with Crippen LogP contribution in [0.2, 0.25) is 0 Å². The van der Waals surface area contributed by atoms with E-state index in [0.717, 1.165) is 35.8 Å². The smallest absolute Gasteiger partial charge is 0.125 e. The molecular weight excluding hydrogens is 254 g/mol. The van der Waals surface area contributed by atoms with Crippen molar-refractivity contribution in [3.05, 3.63) is 47.9 Å². The SMILES string of the molecule is CCCNC(c1ccco1)c1cc(OC)ccc1OC. The Morgan fingerprint density at radius 2 is 2.05 bits per heavy atom. The lowest BCUT2D eigenvalue weighted by molar-refractivity contribution is 0.384. The second kappa shape index (κ2) is 7.01. The average Bonchev–Trinajstić information content (AvgIpc) is 3.01. The van der Waals surface area contributed by atoms with E-state index < -0.39 is 0 Å². The monoisotopic (exact) mass is 275 g/mol. The van der Waals surface area contributed by atoms with Crippen LogP contribution in [0.3, 0.4) is 0 Å². The predicted molar refractivity (Wildman–Crippen MR) is 78.4 cm³/mol. The first-order valence-electron chi connectivity index (χ1n) is 6.78. The molecule has 1 aromatic carbocycles. The van der Waals surface area contributed by atoms with Crippen LogP contribution in [0.5, 0.6) is 11.5 Å². The van der Waals surface area contributed by atoms with Crippen molar-refractivity contribution in [1.82, 2.24) is 5.32 Å². The Hall–Kier alpha value is -1.94. The molecule has 0 radical (unpaired) electrons. The summed E-state index contributed by atoms with van der Waals surface area (Å²) >= 11 is 0. The fourth-order valence-electron chi connectivity index (χ4n) is 2.17. The molecule has 0 amide bonds. The minimum Gasteiger partial charge on any atom is -0.497 e. The molecule has 1 unspecified atom stereocenters. The summed E-state index contributed by atoms with van der Waals surface area (Å²) in [5.41, 5.74) is 1.01. The molecular formula is C16H21NO3. The third kappa shape index (κ3) is 3.14. The third-order valence-electron chi connectivity index (χ3n) is 3.17. The van der Waals surface area contributed by atoms with Crippen molar-refractivity contribution in [3.63, 3.8) is 0 Å². The number of benzene rings is 1. The van der Waals surface area contributed by atoms with Gasteiger partial charge in [-0.1, -0.05) is 6.92 Å². The van der Waals surface area contributed by atoms with Crippen molar-refractivity contribution in [3.8, 4) is 11.5 Å². The van der Waals surface area contributed by atoms with E-state index in [1.807, 2.05) is 30.3 Å². The zero-order chi connectivity index (χ0) is 14.4. The molecule has 1 N–H and O–H groups in total. The maximum atomic E-state index is 5.56. The van der Waals surface area contributed by atoms with Gasteiger partial charge in [-0.15, -0.1) is 0 Å². The summed E-state index contributed by atoms with van der Waals surface area (Å²) in [7, 11) is 3.33. The summed E-state index contributed by atoms with van der Waals surface area (Å²) in [4.78, 5) is 0. The first kappa shape index (κ1) is 14.5. The molecule has 0 aliphatic carbocycles. The number of methoxy groups -OCH3 is 2. The summed E-state index contributed by atoms with van der Waals surface area (Å²) in [6, 6.07) is 9.60. The fraction of sp³-hybridized carbons (Fsp3) is 0.375. The van der Waals surface area contributed by atoms with Crippen LogP contribution in [0.25, 0.3) is 0 Å². The Bertz CT molecular complexity index is 523. The second-order valence-electron chi connectivity index (χ2n) is 4.51. The first-order chi connectivity index (χ1) is 9.80. The molecule has 4 heteroatoms. The Kier molecular flexibility index (Phi) is 5.07. The third-order valence-corrected chi connectivity index (χ3v) is 3.17. The molecule has 0 saturated carbocycles. The predicted octanol–water partition coefficient (Wildman–Crippen LogP) is 3.39.